The van der Waals surface area contributed by atoms with Crippen molar-refractivity contribution < 1.29 is 4.79 Å². The molecule has 2 heteroatoms. The number of carbonyl (C=O) groups is 1. The van der Waals surface area contributed by atoms with Crippen LogP contribution in [0.2, 0.25) is 0 Å². The van der Waals surface area contributed by atoms with Gasteiger partial charge in [0.05, 0.1) is 0 Å². The Morgan fingerprint density at radius 3 is 2.81 bits per heavy atom. The van der Waals surface area contributed by atoms with Gasteiger partial charge in [-0.2, -0.15) is 0 Å². The summed E-state index contributed by atoms with van der Waals surface area (Å²) in [6.07, 6.45) is 2.06. The number of benzene rings is 1. The van der Waals surface area contributed by atoms with Gasteiger partial charge in [-0.3, -0.25) is 4.79 Å². The van der Waals surface area contributed by atoms with Gasteiger partial charge in [0.15, 0.2) is 0 Å². The van der Waals surface area contributed by atoms with Gasteiger partial charge in [0.2, 0.25) is 0 Å². The molecule has 1 aromatic rings. The predicted molar refractivity (Wildman–Crippen MR) is 65.5 cm³/mol. The second-order valence-corrected chi connectivity index (χ2v) is 4.66. The maximum Gasteiger partial charge on any atom is 0.254 e. The number of nitrogens with zero attached hydrogens (tertiary/aromatic N) is 1. The summed E-state index contributed by atoms with van der Waals surface area (Å²) in [5, 5.41) is 0. The molecule has 0 aliphatic carbocycles. The Bertz CT molecular complexity index is 386. The van der Waals surface area contributed by atoms with Crippen molar-refractivity contribution in [3.05, 3.63) is 35.4 Å². The van der Waals surface area contributed by atoms with Crippen LogP contribution in [0.3, 0.4) is 0 Å². The van der Waals surface area contributed by atoms with Gasteiger partial charge in [0.25, 0.3) is 5.91 Å². The first-order valence-corrected chi connectivity index (χ1v) is 6.09. The molecule has 0 saturated carbocycles. The highest BCUT2D eigenvalue weighted by atomic mass is 16.2. The van der Waals surface area contributed by atoms with E-state index in [0.717, 1.165) is 37.1 Å². The second kappa shape index (κ2) is 4.69. The van der Waals surface area contributed by atoms with Crippen LogP contribution in [0.4, 0.5) is 0 Å². The van der Waals surface area contributed by atoms with Crippen molar-refractivity contribution in [2.75, 3.05) is 13.1 Å². The van der Waals surface area contributed by atoms with Crippen LogP contribution in [-0.2, 0) is 6.42 Å². The Kier molecular flexibility index (Phi) is 3.28. The van der Waals surface area contributed by atoms with Crippen LogP contribution < -0.4 is 0 Å². The molecular formula is C14H19NO. The molecule has 2 rings (SSSR count). The predicted octanol–water partition coefficient (Wildman–Crippen LogP) is 2.73. The minimum atomic E-state index is 0.210. The summed E-state index contributed by atoms with van der Waals surface area (Å²) in [7, 11) is 0. The third-order valence-electron chi connectivity index (χ3n) is 3.34. The quantitative estimate of drug-likeness (QED) is 0.746. The number of carbonyl (C=O) groups excluding carboxylic acids is 1. The SMILES string of the molecule is CCc1ccccc1C(=O)N1CC[C@H](C)C1. The summed E-state index contributed by atoms with van der Waals surface area (Å²) >= 11 is 0. The lowest BCUT2D eigenvalue weighted by molar-refractivity contribution is 0.0787. The average molecular weight is 217 g/mol. The lowest BCUT2D eigenvalue weighted by Crippen LogP contribution is -2.29. The van der Waals surface area contributed by atoms with Gasteiger partial charge in [0.1, 0.15) is 0 Å². The smallest absolute Gasteiger partial charge is 0.254 e. The van der Waals surface area contributed by atoms with Crippen LogP contribution in [0.15, 0.2) is 24.3 Å². The van der Waals surface area contributed by atoms with E-state index in [0.29, 0.717) is 5.92 Å². The maximum atomic E-state index is 12.3. The van der Waals surface area contributed by atoms with Gasteiger partial charge in [-0.25, -0.2) is 0 Å². The number of hydrogen-bond acceptors (Lipinski definition) is 1. The average Bonchev–Trinajstić information content (AvgIpc) is 2.75. The van der Waals surface area contributed by atoms with Gasteiger partial charge in [-0.05, 0) is 30.4 Å². The molecule has 1 aliphatic rings. The number of hydrogen-bond donors (Lipinski definition) is 0. The molecule has 0 unspecified atom stereocenters. The Hall–Kier alpha value is -1.31. The van der Waals surface area contributed by atoms with E-state index in [2.05, 4.69) is 13.8 Å². The lowest BCUT2D eigenvalue weighted by atomic mass is 10.0. The third-order valence-corrected chi connectivity index (χ3v) is 3.34. The van der Waals surface area contributed by atoms with Crippen LogP contribution >= 0.6 is 0 Å². The van der Waals surface area contributed by atoms with Gasteiger partial charge >= 0.3 is 0 Å². The Labute approximate surface area is 97.3 Å². The first-order valence-electron chi connectivity index (χ1n) is 6.09. The lowest BCUT2D eigenvalue weighted by Gasteiger charge is -2.17. The van der Waals surface area contributed by atoms with E-state index in [4.69, 9.17) is 0 Å². The minimum Gasteiger partial charge on any atom is -0.338 e. The molecule has 1 heterocycles. The third kappa shape index (κ3) is 2.11. The molecule has 1 saturated heterocycles. The molecule has 1 aromatic carbocycles. The van der Waals surface area contributed by atoms with E-state index in [1.165, 1.54) is 0 Å². The van der Waals surface area contributed by atoms with Crippen LogP contribution in [0.1, 0.15) is 36.2 Å². The first-order chi connectivity index (χ1) is 7.72. The fourth-order valence-electron chi connectivity index (χ4n) is 2.33. The molecule has 2 nitrogen and oxygen atoms in total. The summed E-state index contributed by atoms with van der Waals surface area (Å²) < 4.78 is 0. The zero-order valence-electron chi connectivity index (χ0n) is 10.1. The fourth-order valence-corrected chi connectivity index (χ4v) is 2.33. The zero-order chi connectivity index (χ0) is 11.5. The number of amides is 1. The zero-order valence-corrected chi connectivity index (χ0v) is 10.1. The van der Waals surface area contributed by atoms with Crippen molar-refractivity contribution in [3.8, 4) is 0 Å². The summed E-state index contributed by atoms with van der Waals surface area (Å²) in [6.45, 7) is 6.13. The van der Waals surface area contributed by atoms with Gasteiger partial charge in [0, 0.05) is 18.7 Å². The molecule has 0 aromatic heterocycles. The molecule has 0 spiro atoms. The topological polar surface area (TPSA) is 20.3 Å². The van der Waals surface area contributed by atoms with Crippen molar-refractivity contribution in [2.24, 2.45) is 5.92 Å². The first kappa shape index (κ1) is 11.2. The summed E-state index contributed by atoms with van der Waals surface area (Å²) in [4.78, 5) is 14.3. The van der Waals surface area contributed by atoms with Crippen molar-refractivity contribution in [1.29, 1.82) is 0 Å². The molecule has 16 heavy (non-hydrogen) atoms. The van der Waals surface area contributed by atoms with Gasteiger partial charge in [-0.15, -0.1) is 0 Å². The van der Waals surface area contributed by atoms with E-state index in [1.807, 2.05) is 29.2 Å². The molecule has 1 aliphatic heterocycles. The van der Waals surface area contributed by atoms with Crippen molar-refractivity contribution in [2.45, 2.75) is 26.7 Å². The van der Waals surface area contributed by atoms with Crippen LogP contribution in [0.5, 0.6) is 0 Å². The molecule has 0 radical (unpaired) electrons. The van der Waals surface area contributed by atoms with Crippen LogP contribution in [0.25, 0.3) is 0 Å². The molecular weight excluding hydrogens is 198 g/mol. The Morgan fingerprint density at radius 1 is 1.44 bits per heavy atom. The highest BCUT2D eigenvalue weighted by Gasteiger charge is 2.24. The van der Waals surface area contributed by atoms with Crippen molar-refractivity contribution in [3.63, 3.8) is 0 Å². The molecule has 0 bridgehead atoms. The molecule has 1 atom stereocenters. The monoisotopic (exact) mass is 217 g/mol. The van der Waals surface area contributed by atoms with Gasteiger partial charge < -0.3 is 4.90 Å². The summed E-state index contributed by atoms with van der Waals surface area (Å²) in [5.41, 5.74) is 2.05. The Balaban J connectivity index is 2.20. The number of likely N-dealkylation sites (tertiary alicyclic amines) is 1. The van der Waals surface area contributed by atoms with E-state index in [9.17, 15) is 4.79 Å². The van der Waals surface area contributed by atoms with E-state index in [-0.39, 0.29) is 5.91 Å². The van der Waals surface area contributed by atoms with E-state index < -0.39 is 0 Å². The van der Waals surface area contributed by atoms with Crippen LogP contribution in [-0.4, -0.2) is 23.9 Å². The van der Waals surface area contributed by atoms with E-state index >= 15 is 0 Å². The summed E-state index contributed by atoms with van der Waals surface area (Å²) in [6, 6.07) is 7.95. The largest absolute Gasteiger partial charge is 0.338 e. The van der Waals surface area contributed by atoms with Crippen LogP contribution in [0, 0.1) is 5.92 Å². The highest BCUT2D eigenvalue weighted by Crippen LogP contribution is 2.19. The molecule has 1 amide bonds. The maximum absolute atomic E-state index is 12.3. The van der Waals surface area contributed by atoms with Gasteiger partial charge in [-0.1, -0.05) is 32.0 Å². The fraction of sp³-hybridized carbons (Fsp3) is 0.500. The highest BCUT2D eigenvalue weighted by molar-refractivity contribution is 5.95. The normalized spacial score (nSPS) is 20.1. The number of rotatable bonds is 2. The second-order valence-electron chi connectivity index (χ2n) is 4.66. The molecule has 0 N–H and O–H groups in total. The number of aryl methyl sites for hydroxylation is 1. The molecule has 1 fully saturated rings. The minimum absolute atomic E-state index is 0.210. The standard InChI is InChI=1S/C14H19NO/c1-3-12-6-4-5-7-13(12)14(16)15-9-8-11(2)10-15/h4-7,11H,3,8-10H2,1-2H3/t11-/m0/s1. The van der Waals surface area contributed by atoms with E-state index in [1.54, 1.807) is 0 Å². The Morgan fingerprint density at radius 2 is 2.19 bits per heavy atom. The van der Waals surface area contributed by atoms with Crippen molar-refractivity contribution in [1.82, 2.24) is 4.90 Å². The van der Waals surface area contributed by atoms with Crippen molar-refractivity contribution >= 4 is 5.91 Å². The summed E-state index contributed by atoms with van der Waals surface area (Å²) in [5.74, 6) is 0.861. The molecule has 86 valence electrons.